The fourth-order valence-corrected chi connectivity index (χ4v) is 5.21. The van der Waals surface area contributed by atoms with E-state index in [-0.39, 0.29) is 11.8 Å². The van der Waals surface area contributed by atoms with Crippen molar-refractivity contribution in [1.82, 2.24) is 0 Å². The van der Waals surface area contributed by atoms with Crippen molar-refractivity contribution in [2.75, 3.05) is 9.80 Å². The summed E-state index contributed by atoms with van der Waals surface area (Å²) in [6, 6.07) is 14.6. The molecular formula is C31H44Cl2N2O2. The third kappa shape index (κ3) is 9.65. The molecule has 204 valence electrons. The minimum absolute atomic E-state index is 0.0217. The van der Waals surface area contributed by atoms with E-state index in [0.29, 0.717) is 34.3 Å². The molecule has 0 saturated heterocycles. The maximum absolute atomic E-state index is 13.8. The fourth-order valence-electron chi connectivity index (χ4n) is 4.84. The molecule has 0 aliphatic heterocycles. The zero-order valence-electron chi connectivity index (χ0n) is 23.1. The van der Waals surface area contributed by atoms with Crippen LogP contribution >= 0.6 is 23.2 Å². The van der Waals surface area contributed by atoms with Crippen LogP contribution < -0.4 is 9.80 Å². The zero-order chi connectivity index (χ0) is 27.3. The standard InChI is InChI=1S/C31H44Cl2N2O2/c1-5-7-9-11-13-21-29(36)34(27-19-15-17-25(32)23-27)31(3,4)35(28-20-16-18-26(33)24-28)30(37)22-14-12-10-8-6-2/h15-20,23-24H,5-14,21-22H2,1-4H3. The van der Waals surface area contributed by atoms with E-state index in [0.717, 1.165) is 51.4 Å². The van der Waals surface area contributed by atoms with Crippen LogP contribution in [0.5, 0.6) is 0 Å². The first-order valence-electron chi connectivity index (χ1n) is 13.9. The number of carbonyl (C=O) groups excluding carboxylic acids is 2. The van der Waals surface area contributed by atoms with Gasteiger partial charge < -0.3 is 0 Å². The average Bonchev–Trinajstić information content (AvgIpc) is 2.84. The average molecular weight is 548 g/mol. The number of anilines is 2. The molecule has 0 aromatic heterocycles. The molecule has 2 aromatic carbocycles. The molecule has 0 radical (unpaired) electrons. The number of unbranched alkanes of at least 4 members (excludes halogenated alkanes) is 8. The van der Waals surface area contributed by atoms with Crippen molar-refractivity contribution in [3.8, 4) is 0 Å². The van der Waals surface area contributed by atoms with Gasteiger partial charge in [0, 0.05) is 34.3 Å². The Balaban J connectivity index is 2.43. The normalized spacial score (nSPS) is 11.4. The lowest BCUT2D eigenvalue weighted by Crippen LogP contribution is -2.61. The molecule has 2 rings (SSSR count). The molecule has 0 bridgehead atoms. The third-order valence-corrected chi connectivity index (χ3v) is 7.18. The summed E-state index contributed by atoms with van der Waals surface area (Å²) in [6.45, 7) is 8.22. The van der Waals surface area contributed by atoms with E-state index in [4.69, 9.17) is 23.2 Å². The van der Waals surface area contributed by atoms with Crippen LogP contribution in [-0.2, 0) is 9.59 Å². The number of carbonyl (C=O) groups is 2. The first-order valence-corrected chi connectivity index (χ1v) is 14.6. The van der Waals surface area contributed by atoms with E-state index < -0.39 is 5.66 Å². The number of hydrogen-bond acceptors (Lipinski definition) is 2. The van der Waals surface area contributed by atoms with Crippen molar-refractivity contribution in [2.45, 2.75) is 110 Å². The second-order valence-electron chi connectivity index (χ2n) is 10.2. The van der Waals surface area contributed by atoms with Gasteiger partial charge in [0.2, 0.25) is 11.8 Å². The van der Waals surface area contributed by atoms with Crippen LogP contribution in [0.15, 0.2) is 48.5 Å². The van der Waals surface area contributed by atoms with Crippen LogP contribution in [0.25, 0.3) is 0 Å². The van der Waals surface area contributed by atoms with Gasteiger partial charge in [0.1, 0.15) is 5.66 Å². The quantitative estimate of drug-likeness (QED) is 0.155. The Labute approximate surface area is 234 Å². The lowest BCUT2D eigenvalue weighted by molar-refractivity contribution is -0.121. The van der Waals surface area contributed by atoms with Crippen LogP contribution in [0.4, 0.5) is 11.4 Å². The summed E-state index contributed by atoms with van der Waals surface area (Å²) in [7, 11) is 0. The van der Waals surface area contributed by atoms with Crippen LogP contribution in [0.2, 0.25) is 10.0 Å². The van der Waals surface area contributed by atoms with Crippen molar-refractivity contribution >= 4 is 46.4 Å². The summed E-state index contributed by atoms with van der Waals surface area (Å²) in [5, 5.41) is 1.09. The van der Waals surface area contributed by atoms with Crippen LogP contribution in [0, 0.1) is 0 Å². The van der Waals surface area contributed by atoms with E-state index in [1.54, 1.807) is 34.1 Å². The second-order valence-corrected chi connectivity index (χ2v) is 11.1. The fraction of sp³-hybridized carbons (Fsp3) is 0.548. The highest BCUT2D eigenvalue weighted by Crippen LogP contribution is 2.35. The summed E-state index contributed by atoms with van der Waals surface area (Å²) in [6.07, 6.45) is 11.4. The SMILES string of the molecule is CCCCCCCC(=O)N(c1cccc(Cl)c1)C(C)(C)N(C(=O)CCCCCCC)c1cccc(Cl)c1. The molecule has 2 amide bonds. The molecule has 6 heteroatoms. The Hall–Kier alpha value is -2.04. The minimum Gasteiger partial charge on any atom is -0.289 e. The van der Waals surface area contributed by atoms with Gasteiger partial charge in [0.15, 0.2) is 0 Å². The van der Waals surface area contributed by atoms with E-state index in [1.807, 2.05) is 38.1 Å². The lowest BCUT2D eigenvalue weighted by atomic mass is 10.0. The number of amides is 2. The largest absolute Gasteiger partial charge is 0.289 e. The smallest absolute Gasteiger partial charge is 0.228 e. The van der Waals surface area contributed by atoms with Crippen molar-refractivity contribution in [1.29, 1.82) is 0 Å². The summed E-state index contributed by atoms with van der Waals surface area (Å²) in [5.41, 5.74) is 0.369. The predicted molar refractivity (Wildman–Crippen MR) is 159 cm³/mol. The number of benzene rings is 2. The second kappa shape index (κ2) is 16.0. The van der Waals surface area contributed by atoms with Crippen LogP contribution in [-0.4, -0.2) is 17.5 Å². The maximum Gasteiger partial charge on any atom is 0.228 e. The van der Waals surface area contributed by atoms with Gasteiger partial charge in [-0.2, -0.15) is 0 Å². The Morgan fingerprint density at radius 1 is 0.649 bits per heavy atom. The van der Waals surface area contributed by atoms with Crippen molar-refractivity contribution in [2.24, 2.45) is 0 Å². The van der Waals surface area contributed by atoms with E-state index >= 15 is 0 Å². The summed E-state index contributed by atoms with van der Waals surface area (Å²) in [5.74, 6) is -0.0434. The number of hydrogen-bond donors (Lipinski definition) is 0. The number of halogens is 2. The Kier molecular flexibility index (Phi) is 13.5. The van der Waals surface area contributed by atoms with Crippen molar-refractivity contribution in [3.05, 3.63) is 58.6 Å². The Bertz CT molecular complexity index is 915. The topological polar surface area (TPSA) is 40.6 Å². The third-order valence-electron chi connectivity index (χ3n) is 6.71. The Morgan fingerprint density at radius 2 is 1.03 bits per heavy atom. The van der Waals surface area contributed by atoms with E-state index in [1.165, 1.54) is 12.8 Å². The van der Waals surface area contributed by atoms with E-state index in [9.17, 15) is 9.59 Å². The molecule has 4 nitrogen and oxygen atoms in total. The zero-order valence-corrected chi connectivity index (χ0v) is 24.6. The van der Waals surface area contributed by atoms with Gasteiger partial charge in [-0.1, -0.05) is 101 Å². The van der Waals surface area contributed by atoms with Gasteiger partial charge in [-0.3, -0.25) is 19.4 Å². The molecule has 0 aliphatic carbocycles. The monoisotopic (exact) mass is 546 g/mol. The Morgan fingerprint density at radius 3 is 1.38 bits per heavy atom. The molecule has 0 N–H and O–H groups in total. The summed E-state index contributed by atoms with van der Waals surface area (Å²) in [4.78, 5) is 31.1. The maximum atomic E-state index is 13.8. The molecule has 0 spiro atoms. The first kappa shape index (κ1) is 31.2. The van der Waals surface area contributed by atoms with Gasteiger partial charge >= 0.3 is 0 Å². The van der Waals surface area contributed by atoms with E-state index in [2.05, 4.69) is 13.8 Å². The molecule has 0 heterocycles. The van der Waals surface area contributed by atoms with Crippen LogP contribution in [0.3, 0.4) is 0 Å². The molecule has 0 saturated carbocycles. The molecule has 0 fully saturated rings. The molecule has 0 aliphatic rings. The highest BCUT2D eigenvalue weighted by atomic mass is 35.5. The van der Waals surface area contributed by atoms with Gasteiger partial charge in [-0.15, -0.1) is 0 Å². The summed E-state index contributed by atoms with van der Waals surface area (Å²) < 4.78 is 0. The molecule has 0 unspecified atom stereocenters. The van der Waals surface area contributed by atoms with Gasteiger partial charge in [0.05, 0.1) is 0 Å². The molecular weight excluding hydrogens is 503 g/mol. The molecule has 2 aromatic rings. The predicted octanol–water partition coefficient (Wildman–Crippen LogP) is 9.82. The van der Waals surface area contributed by atoms with Gasteiger partial charge in [-0.05, 0) is 63.1 Å². The van der Waals surface area contributed by atoms with Gasteiger partial charge in [-0.25, -0.2) is 0 Å². The lowest BCUT2D eigenvalue weighted by Gasteiger charge is -2.46. The highest BCUT2D eigenvalue weighted by molar-refractivity contribution is 6.31. The first-order chi connectivity index (χ1) is 17.7. The van der Waals surface area contributed by atoms with Crippen molar-refractivity contribution in [3.63, 3.8) is 0 Å². The number of nitrogens with zero attached hydrogens (tertiary/aromatic N) is 2. The highest BCUT2D eigenvalue weighted by Gasteiger charge is 2.41. The molecule has 0 atom stereocenters. The minimum atomic E-state index is -0.990. The van der Waals surface area contributed by atoms with Crippen LogP contribution in [0.1, 0.15) is 105 Å². The molecule has 37 heavy (non-hydrogen) atoms. The summed E-state index contributed by atoms with van der Waals surface area (Å²) >= 11 is 12.7. The van der Waals surface area contributed by atoms with Crippen molar-refractivity contribution < 1.29 is 9.59 Å². The number of rotatable bonds is 16. The van der Waals surface area contributed by atoms with Gasteiger partial charge in [0.25, 0.3) is 0 Å².